The first-order valence-corrected chi connectivity index (χ1v) is 8.66. The van der Waals surface area contributed by atoms with Crippen LogP contribution >= 0.6 is 12.4 Å². The fourth-order valence-electron chi connectivity index (χ4n) is 3.94. The predicted molar refractivity (Wildman–Crippen MR) is 91.9 cm³/mol. The number of halogens is 1. The first kappa shape index (κ1) is 19.0. The summed E-state index contributed by atoms with van der Waals surface area (Å²) >= 11 is 0. The Morgan fingerprint density at radius 2 is 2.00 bits per heavy atom. The lowest BCUT2D eigenvalue weighted by atomic mass is 9.82. The Morgan fingerprint density at radius 1 is 1.29 bits per heavy atom. The fraction of sp³-hybridized carbons (Fsp3) is 0.812. The second kappa shape index (κ2) is 7.70. The Hall–Kier alpha value is -1.34. The van der Waals surface area contributed by atoms with Crippen molar-refractivity contribution in [3.05, 3.63) is 0 Å². The van der Waals surface area contributed by atoms with E-state index in [1.54, 1.807) is 0 Å². The topological polar surface area (TPSA) is 90.5 Å². The molecule has 0 radical (unpaired) electrons. The van der Waals surface area contributed by atoms with Gasteiger partial charge >= 0.3 is 6.03 Å². The van der Waals surface area contributed by atoms with Crippen molar-refractivity contribution in [2.75, 3.05) is 19.6 Å². The maximum absolute atomic E-state index is 12.6. The Kier molecular flexibility index (Phi) is 6.09. The molecule has 1 spiro atoms. The molecule has 0 aromatic carbocycles. The molecule has 136 valence electrons. The van der Waals surface area contributed by atoms with Crippen LogP contribution in [0.3, 0.4) is 0 Å². The number of carbonyl (C=O) groups is 3. The van der Waals surface area contributed by atoms with Gasteiger partial charge in [0, 0.05) is 6.04 Å². The molecular formula is C16H27ClN4O3. The summed E-state index contributed by atoms with van der Waals surface area (Å²) in [7, 11) is 0. The molecule has 1 saturated carbocycles. The van der Waals surface area contributed by atoms with Crippen LogP contribution in [-0.4, -0.2) is 54.0 Å². The maximum atomic E-state index is 12.6. The summed E-state index contributed by atoms with van der Waals surface area (Å²) in [6.45, 7) is 3.66. The van der Waals surface area contributed by atoms with E-state index in [4.69, 9.17) is 0 Å². The van der Waals surface area contributed by atoms with Crippen molar-refractivity contribution in [3.8, 4) is 0 Å². The Bertz CT molecular complexity index is 508. The molecule has 24 heavy (non-hydrogen) atoms. The smallest absolute Gasteiger partial charge is 0.325 e. The van der Waals surface area contributed by atoms with Crippen molar-refractivity contribution in [2.45, 2.75) is 57.0 Å². The molecule has 3 N–H and O–H groups in total. The molecule has 3 rings (SSSR count). The van der Waals surface area contributed by atoms with Crippen molar-refractivity contribution in [2.24, 2.45) is 5.92 Å². The minimum absolute atomic E-state index is 0. The molecule has 0 aromatic heterocycles. The second-order valence-corrected chi connectivity index (χ2v) is 7.11. The Morgan fingerprint density at radius 3 is 2.67 bits per heavy atom. The highest BCUT2D eigenvalue weighted by Gasteiger charge is 2.51. The standard InChI is InChI=1S/C16H26N4O3.ClH/c1-11-9-17-8-5-12(11)18-13(21)10-20-14(22)16(19-15(20)23)6-3-2-4-7-16;/h11-12,17H,2-10H2,1H3,(H,18,21)(H,19,23);1H. The monoisotopic (exact) mass is 358 g/mol. The van der Waals surface area contributed by atoms with Gasteiger partial charge in [-0.15, -0.1) is 12.4 Å². The summed E-state index contributed by atoms with van der Waals surface area (Å²) in [5.74, 6) is -0.128. The molecule has 2 heterocycles. The van der Waals surface area contributed by atoms with Crippen molar-refractivity contribution in [1.82, 2.24) is 20.9 Å². The van der Waals surface area contributed by atoms with E-state index in [-0.39, 0.29) is 36.8 Å². The van der Waals surface area contributed by atoms with Crippen LogP contribution in [0.15, 0.2) is 0 Å². The van der Waals surface area contributed by atoms with Crippen LogP contribution in [0, 0.1) is 5.92 Å². The summed E-state index contributed by atoms with van der Waals surface area (Å²) in [5, 5.41) is 9.09. The molecule has 8 heteroatoms. The number of urea groups is 1. The molecule has 2 unspecified atom stereocenters. The third-order valence-corrected chi connectivity index (χ3v) is 5.39. The van der Waals surface area contributed by atoms with E-state index in [0.717, 1.165) is 43.7 Å². The van der Waals surface area contributed by atoms with Gasteiger partial charge in [0.1, 0.15) is 12.1 Å². The quantitative estimate of drug-likeness (QED) is 0.650. The summed E-state index contributed by atoms with van der Waals surface area (Å²) in [4.78, 5) is 38.2. The van der Waals surface area contributed by atoms with E-state index in [1.807, 2.05) is 0 Å². The van der Waals surface area contributed by atoms with Crippen molar-refractivity contribution < 1.29 is 14.4 Å². The Labute approximate surface area is 148 Å². The lowest BCUT2D eigenvalue weighted by Gasteiger charge is -2.31. The number of rotatable bonds is 3. The van der Waals surface area contributed by atoms with Crippen LogP contribution in [0.1, 0.15) is 45.4 Å². The van der Waals surface area contributed by atoms with Gasteiger partial charge in [-0.05, 0) is 38.3 Å². The number of hydrogen-bond acceptors (Lipinski definition) is 4. The molecule has 0 bridgehead atoms. The first-order valence-electron chi connectivity index (χ1n) is 8.66. The molecule has 0 aromatic rings. The molecule has 2 aliphatic heterocycles. The molecule has 4 amide bonds. The number of nitrogens with zero attached hydrogens (tertiary/aromatic N) is 1. The summed E-state index contributed by atoms with van der Waals surface area (Å²) < 4.78 is 0. The molecule has 2 saturated heterocycles. The van der Waals surface area contributed by atoms with Crippen LogP contribution in [0.25, 0.3) is 0 Å². The molecular weight excluding hydrogens is 332 g/mol. The SMILES string of the molecule is CC1CNCCC1NC(=O)CN1C(=O)NC2(CCCCC2)C1=O.Cl. The second-order valence-electron chi connectivity index (χ2n) is 7.11. The van der Waals surface area contributed by atoms with Gasteiger partial charge in [-0.2, -0.15) is 0 Å². The number of nitrogens with one attached hydrogen (secondary N) is 3. The average molecular weight is 359 g/mol. The number of amides is 4. The van der Waals surface area contributed by atoms with Gasteiger partial charge in [-0.25, -0.2) is 4.79 Å². The predicted octanol–water partition coefficient (Wildman–Crippen LogP) is 0.777. The molecule has 7 nitrogen and oxygen atoms in total. The summed E-state index contributed by atoms with van der Waals surface area (Å²) in [5.41, 5.74) is -0.752. The molecule has 3 fully saturated rings. The zero-order chi connectivity index (χ0) is 16.4. The van der Waals surface area contributed by atoms with Gasteiger partial charge in [0.25, 0.3) is 5.91 Å². The van der Waals surface area contributed by atoms with Crippen LogP contribution in [0.5, 0.6) is 0 Å². The minimum atomic E-state index is -0.752. The van der Waals surface area contributed by atoms with E-state index in [1.165, 1.54) is 0 Å². The number of carbonyl (C=O) groups excluding carboxylic acids is 3. The van der Waals surface area contributed by atoms with Crippen molar-refractivity contribution in [1.29, 1.82) is 0 Å². The van der Waals surface area contributed by atoms with Crippen LogP contribution in [0.4, 0.5) is 4.79 Å². The molecule has 2 atom stereocenters. The van der Waals surface area contributed by atoms with Gasteiger partial charge in [-0.1, -0.05) is 26.2 Å². The maximum Gasteiger partial charge on any atom is 0.325 e. The lowest BCUT2D eigenvalue weighted by Crippen LogP contribution is -2.52. The number of piperidine rings is 1. The highest BCUT2D eigenvalue weighted by Crippen LogP contribution is 2.33. The van der Waals surface area contributed by atoms with Gasteiger partial charge in [0.2, 0.25) is 5.91 Å². The average Bonchev–Trinajstić information content (AvgIpc) is 2.75. The van der Waals surface area contributed by atoms with Gasteiger partial charge in [-0.3, -0.25) is 14.5 Å². The van der Waals surface area contributed by atoms with Gasteiger partial charge in [0.15, 0.2) is 0 Å². The Balaban J connectivity index is 0.00000208. The highest BCUT2D eigenvalue weighted by atomic mass is 35.5. The van der Waals surface area contributed by atoms with E-state index in [2.05, 4.69) is 22.9 Å². The molecule has 1 aliphatic carbocycles. The van der Waals surface area contributed by atoms with Crippen LogP contribution in [-0.2, 0) is 9.59 Å². The number of imide groups is 1. The van der Waals surface area contributed by atoms with E-state index < -0.39 is 11.6 Å². The minimum Gasteiger partial charge on any atom is -0.351 e. The third kappa shape index (κ3) is 3.67. The lowest BCUT2D eigenvalue weighted by molar-refractivity contribution is -0.136. The zero-order valence-corrected chi connectivity index (χ0v) is 14.9. The van der Waals surface area contributed by atoms with E-state index in [0.29, 0.717) is 18.8 Å². The van der Waals surface area contributed by atoms with Crippen molar-refractivity contribution >= 4 is 30.3 Å². The summed E-state index contributed by atoms with van der Waals surface area (Å²) in [6.07, 6.45) is 5.22. The highest BCUT2D eigenvalue weighted by molar-refractivity contribution is 6.09. The van der Waals surface area contributed by atoms with Gasteiger partial charge in [0.05, 0.1) is 0 Å². The van der Waals surface area contributed by atoms with Crippen LogP contribution in [0.2, 0.25) is 0 Å². The van der Waals surface area contributed by atoms with E-state index >= 15 is 0 Å². The summed E-state index contributed by atoms with van der Waals surface area (Å²) in [6, 6.07) is -0.321. The first-order chi connectivity index (χ1) is 11.0. The van der Waals surface area contributed by atoms with Crippen LogP contribution < -0.4 is 16.0 Å². The third-order valence-electron chi connectivity index (χ3n) is 5.39. The normalized spacial score (nSPS) is 29.1. The zero-order valence-electron chi connectivity index (χ0n) is 14.1. The largest absolute Gasteiger partial charge is 0.351 e. The van der Waals surface area contributed by atoms with E-state index in [9.17, 15) is 14.4 Å². The number of hydrogen-bond donors (Lipinski definition) is 3. The molecule has 3 aliphatic rings. The van der Waals surface area contributed by atoms with Crippen molar-refractivity contribution in [3.63, 3.8) is 0 Å². The fourth-order valence-corrected chi connectivity index (χ4v) is 3.94. The van der Waals surface area contributed by atoms with Gasteiger partial charge < -0.3 is 16.0 Å².